The first kappa shape index (κ1) is 12.5. The number of para-hydroxylation sites is 1. The third kappa shape index (κ3) is 2.09. The van der Waals surface area contributed by atoms with Gasteiger partial charge in [0.25, 0.3) is 0 Å². The van der Waals surface area contributed by atoms with Gasteiger partial charge in [-0.25, -0.2) is 0 Å². The lowest BCUT2D eigenvalue weighted by Crippen LogP contribution is -2.26. The molecular weight excluding hydrogens is 254 g/mol. The van der Waals surface area contributed by atoms with Gasteiger partial charge in [-0.05, 0) is 40.3 Å². The third-order valence-corrected chi connectivity index (χ3v) is 4.60. The number of rotatable bonds is 1. The summed E-state index contributed by atoms with van der Waals surface area (Å²) < 4.78 is 0. The molecule has 21 heavy (non-hydrogen) atoms. The molecule has 0 spiro atoms. The Hall–Kier alpha value is -2.28. The normalized spacial score (nSPS) is 20.8. The summed E-state index contributed by atoms with van der Waals surface area (Å²) in [5.41, 5.74) is 4.13. The average molecular weight is 273 g/mol. The fourth-order valence-electron chi connectivity index (χ4n) is 3.52. The number of hydrogen-bond donors (Lipinski definition) is 1. The Bertz CT molecular complexity index is 785. The lowest BCUT2D eigenvalue weighted by molar-refractivity contribution is 0.481. The Morgan fingerprint density at radius 1 is 0.857 bits per heavy atom. The van der Waals surface area contributed by atoms with E-state index in [1.165, 1.54) is 27.6 Å². The Labute approximate surface area is 125 Å². The maximum atomic E-state index is 3.76. The molecule has 0 fully saturated rings. The van der Waals surface area contributed by atoms with Crippen LogP contribution in [0, 0.1) is 5.92 Å². The SMILES string of the molecule is CC1Cc2ccccc2NC1c1cccc2ccccc12. The summed E-state index contributed by atoms with van der Waals surface area (Å²) in [4.78, 5) is 0. The second-order valence-corrected chi connectivity index (χ2v) is 6.03. The van der Waals surface area contributed by atoms with E-state index >= 15 is 0 Å². The van der Waals surface area contributed by atoms with Crippen molar-refractivity contribution in [2.24, 2.45) is 5.92 Å². The fourth-order valence-corrected chi connectivity index (χ4v) is 3.52. The van der Waals surface area contributed by atoms with Crippen LogP contribution in [0.4, 0.5) is 5.69 Å². The molecule has 3 aromatic rings. The highest BCUT2D eigenvalue weighted by atomic mass is 14.9. The predicted molar refractivity (Wildman–Crippen MR) is 89.6 cm³/mol. The molecule has 0 aliphatic carbocycles. The number of fused-ring (bicyclic) bond motifs is 2. The minimum absolute atomic E-state index is 0.381. The highest BCUT2D eigenvalue weighted by Crippen LogP contribution is 2.38. The quantitative estimate of drug-likeness (QED) is 0.643. The van der Waals surface area contributed by atoms with Crippen molar-refractivity contribution in [2.45, 2.75) is 19.4 Å². The largest absolute Gasteiger partial charge is 0.378 e. The van der Waals surface area contributed by atoms with Crippen molar-refractivity contribution in [3.05, 3.63) is 77.9 Å². The van der Waals surface area contributed by atoms with E-state index in [9.17, 15) is 0 Å². The van der Waals surface area contributed by atoms with Crippen molar-refractivity contribution in [1.82, 2.24) is 0 Å². The standard InChI is InChI=1S/C20H19N/c1-14-13-16-8-3-5-12-19(16)21-20(14)18-11-6-9-15-7-2-4-10-17(15)18/h2-12,14,20-21H,13H2,1H3. The van der Waals surface area contributed by atoms with Gasteiger partial charge < -0.3 is 5.32 Å². The van der Waals surface area contributed by atoms with E-state index in [0.717, 1.165) is 6.42 Å². The Morgan fingerprint density at radius 3 is 2.57 bits per heavy atom. The monoisotopic (exact) mass is 273 g/mol. The zero-order valence-electron chi connectivity index (χ0n) is 12.2. The van der Waals surface area contributed by atoms with Gasteiger partial charge in [0.05, 0.1) is 6.04 Å². The zero-order valence-corrected chi connectivity index (χ0v) is 12.2. The third-order valence-electron chi connectivity index (χ3n) is 4.60. The van der Waals surface area contributed by atoms with Crippen LogP contribution in [-0.2, 0) is 6.42 Å². The van der Waals surface area contributed by atoms with Crippen molar-refractivity contribution in [1.29, 1.82) is 0 Å². The van der Waals surface area contributed by atoms with Crippen molar-refractivity contribution in [3.8, 4) is 0 Å². The van der Waals surface area contributed by atoms with Gasteiger partial charge in [-0.3, -0.25) is 0 Å². The molecule has 2 atom stereocenters. The molecule has 0 aromatic heterocycles. The van der Waals surface area contributed by atoms with Gasteiger partial charge in [0.1, 0.15) is 0 Å². The molecule has 1 nitrogen and oxygen atoms in total. The van der Waals surface area contributed by atoms with Gasteiger partial charge >= 0.3 is 0 Å². The van der Waals surface area contributed by atoms with Gasteiger partial charge in [-0.2, -0.15) is 0 Å². The van der Waals surface area contributed by atoms with Crippen LogP contribution < -0.4 is 5.32 Å². The van der Waals surface area contributed by atoms with Gasteiger partial charge in [0.2, 0.25) is 0 Å². The molecule has 1 heteroatoms. The lowest BCUT2D eigenvalue weighted by Gasteiger charge is -2.33. The van der Waals surface area contributed by atoms with Crippen LogP contribution in [0.2, 0.25) is 0 Å². The smallest absolute Gasteiger partial charge is 0.0548 e. The number of nitrogens with one attached hydrogen (secondary N) is 1. The predicted octanol–water partition coefficient (Wildman–Crippen LogP) is 5.19. The van der Waals surface area contributed by atoms with Crippen LogP contribution in [-0.4, -0.2) is 0 Å². The van der Waals surface area contributed by atoms with E-state index in [4.69, 9.17) is 0 Å². The summed E-state index contributed by atoms with van der Waals surface area (Å²) in [5, 5.41) is 6.44. The van der Waals surface area contributed by atoms with E-state index in [2.05, 4.69) is 79.0 Å². The molecule has 0 saturated heterocycles. The van der Waals surface area contributed by atoms with E-state index in [-0.39, 0.29) is 0 Å². The zero-order chi connectivity index (χ0) is 14.2. The van der Waals surface area contributed by atoms with Crippen molar-refractivity contribution >= 4 is 16.5 Å². The molecule has 1 aliphatic rings. The maximum absolute atomic E-state index is 3.76. The van der Waals surface area contributed by atoms with E-state index in [0.29, 0.717) is 12.0 Å². The van der Waals surface area contributed by atoms with Crippen molar-refractivity contribution in [3.63, 3.8) is 0 Å². The molecule has 1 aliphatic heterocycles. The van der Waals surface area contributed by atoms with Crippen molar-refractivity contribution < 1.29 is 0 Å². The highest BCUT2D eigenvalue weighted by Gasteiger charge is 2.26. The molecule has 1 N–H and O–H groups in total. The summed E-state index contributed by atoms with van der Waals surface area (Å²) >= 11 is 0. The van der Waals surface area contributed by atoms with Crippen LogP contribution in [0.5, 0.6) is 0 Å². The first-order valence-corrected chi connectivity index (χ1v) is 7.65. The molecule has 0 saturated carbocycles. The van der Waals surface area contributed by atoms with Gasteiger partial charge in [-0.15, -0.1) is 0 Å². The summed E-state index contributed by atoms with van der Waals surface area (Å²) in [5.74, 6) is 0.589. The fraction of sp³-hybridized carbons (Fsp3) is 0.200. The Balaban J connectivity index is 1.82. The second kappa shape index (κ2) is 4.92. The summed E-state index contributed by atoms with van der Waals surface area (Å²) in [6.45, 7) is 2.34. The Morgan fingerprint density at radius 2 is 1.62 bits per heavy atom. The maximum Gasteiger partial charge on any atom is 0.0548 e. The van der Waals surface area contributed by atoms with Gasteiger partial charge in [0.15, 0.2) is 0 Å². The van der Waals surface area contributed by atoms with Gasteiger partial charge in [-0.1, -0.05) is 67.6 Å². The molecule has 0 radical (unpaired) electrons. The molecule has 3 aromatic carbocycles. The van der Waals surface area contributed by atoms with E-state index in [1.807, 2.05) is 0 Å². The topological polar surface area (TPSA) is 12.0 Å². The minimum Gasteiger partial charge on any atom is -0.378 e. The summed E-state index contributed by atoms with van der Waals surface area (Å²) in [7, 11) is 0. The van der Waals surface area contributed by atoms with Crippen LogP contribution in [0.15, 0.2) is 66.7 Å². The second-order valence-electron chi connectivity index (χ2n) is 6.03. The molecule has 104 valence electrons. The highest BCUT2D eigenvalue weighted by molar-refractivity contribution is 5.86. The molecule has 2 unspecified atom stereocenters. The molecular formula is C20H19N. The minimum atomic E-state index is 0.381. The van der Waals surface area contributed by atoms with Crippen LogP contribution in [0.1, 0.15) is 24.1 Å². The lowest BCUT2D eigenvalue weighted by atomic mass is 9.83. The number of hydrogen-bond acceptors (Lipinski definition) is 1. The van der Waals surface area contributed by atoms with E-state index in [1.54, 1.807) is 0 Å². The summed E-state index contributed by atoms with van der Waals surface area (Å²) in [6.07, 6.45) is 1.14. The van der Waals surface area contributed by atoms with Crippen LogP contribution in [0.3, 0.4) is 0 Å². The first-order chi connectivity index (χ1) is 10.3. The molecule has 0 bridgehead atoms. The van der Waals surface area contributed by atoms with E-state index < -0.39 is 0 Å². The average Bonchev–Trinajstić information content (AvgIpc) is 2.54. The summed E-state index contributed by atoms with van der Waals surface area (Å²) in [6, 6.07) is 24.4. The van der Waals surface area contributed by atoms with Crippen LogP contribution >= 0.6 is 0 Å². The van der Waals surface area contributed by atoms with Crippen molar-refractivity contribution in [2.75, 3.05) is 5.32 Å². The Kier molecular flexibility index (Phi) is 2.92. The molecule has 1 heterocycles. The number of anilines is 1. The number of benzene rings is 3. The van der Waals surface area contributed by atoms with Gasteiger partial charge in [0, 0.05) is 5.69 Å². The molecule has 4 rings (SSSR count). The first-order valence-electron chi connectivity index (χ1n) is 7.65. The molecule has 0 amide bonds. The van der Waals surface area contributed by atoms with Crippen LogP contribution in [0.25, 0.3) is 10.8 Å².